The maximum absolute atomic E-state index is 4.72. The van der Waals surface area contributed by atoms with Gasteiger partial charge < -0.3 is 91.3 Å². The molecule has 99 heavy (non-hydrogen) atoms. The quantitative estimate of drug-likeness (QED) is 0.0531. The minimum atomic E-state index is -0.0240. The Morgan fingerprint density at radius 2 is 0.576 bits per heavy atom. The van der Waals surface area contributed by atoms with Crippen LogP contribution >= 0.6 is 0 Å². The maximum atomic E-state index is 4.72. The van der Waals surface area contributed by atoms with Crippen molar-refractivity contribution in [1.82, 2.24) is 29.4 Å². The summed E-state index contributed by atoms with van der Waals surface area (Å²) in [6.07, 6.45) is 5.50. The van der Waals surface area contributed by atoms with E-state index in [0.717, 1.165) is 159 Å². The van der Waals surface area contributed by atoms with E-state index in [0.29, 0.717) is 24.2 Å². The summed E-state index contributed by atoms with van der Waals surface area (Å²) in [6.45, 7) is 85.2. The van der Waals surface area contributed by atoms with Crippen LogP contribution in [0.5, 0.6) is 0 Å². The van der Waals surface area contributed by atoms with Crippen LogP contribution in [-0.4, -0.2) is 249 Å². The molecule has 0 aliphatic rings. The maximum Gasteiger partial charge on any atom is 0.00597 e. The number of amidine groups is 6. The van der Waals surface area contributed by atoms with Crippen LogP contribution in [0.25, 0.3) is 31.9 Å². The van der Waals surface area contributed by atoms with Gasteiger partial charge in [-0.3, -0.25) is 0 Å². The van der Waals surface area contributed by atoms with Gasteiger partial charge in [0.2, 0.25) is 0 Å². The summed E-state index contributed by atoms with van der Waals surface area (Å²) in [5.41, 5.74) is -0.106. The third-order valence-electron chi connectivity index (χ3n) is 13.1. The van der Waals surface area contributed by atoms with Gasteiger partial charge in [0.15, 0.2) is 0 Å². The van der Waals surface area contributed by atoms with E-state index in [2.05, 4.69) is 364 Å². The van der Waals surface area contributed by atoms with E-state index < -0.39 is 0 Å². The van der Waals surface area contributed by atoms with Gasteiger partial charge >= 0.3 is 0 Å². The summed E-state index contributed by atoms with van der Waals surface area (Å²) in [5, 5.41) is 27.6. The Kier molecular flexibility index (Phi) is 87.8. The number of rotatable bonds is 29. The summed E-state index contributed by atoms with van der Waals surface area (Å²) in [7, 11) is 12.4. The number of aliphatic imine (C=N–C) groups is 6. The first-order valence-electron chi connectivity index (χ1n) is 36.2. The summed E-state index contributed by atoms with van der Waals surface area (Å²) >= 11 is 0. The molecule has 0 saturated heterocycles. The van der Waals surface area contributed by atoms with Gasteiger partial charge in [-0.25, -0.2) is 0 Å². The fourth-order valence-corrected chi connectivity index (χ4v) is 8.19. The number of hydrogen-bond acceptors (Lipinski definition) is 12. The fraction of sp³-hybridized carbons (Fsp3) is 0.920. The van der Waals surface area contributed by atoms with E-state index in [1.54, 1.807) is 0 Å². The molecule has 4 unspecified atom stereocenters. The Bertz CT molecular complexity index is 1930. The van der Waals surface area contributed by atoms with Gasteiger partial charge in [0, 0.05) is 119 Å². The second-order valence-electron chi connectivity index (χ2n) is 30.9. The predicted octanol–water partition coefficient (Wildman–Crippen LogP) is 19.0. The Labute approximate surface area is 680 Å². The van der Waals surface area contributed by atoms with Crippen molar-refractivity contribution >= 4 is 35.0 Å². The Balaban J connectivity index is -0.0000000908. The SMILES string of the molecule is CCC(=NC(C)(C)C)[N-]C(C)CN(C)C.CCC(=NC(C)(C)C)[N-]C(C)CN(CC)CC.CCC(=NC(C)(C)C)[N-]CC(C)N(C)C.CCC(=NC(C)(C)C)[N-]CC(C)N(CC)CC.CCC(=NC(C)(C)C)[N-]CCN(C)C.CCC(=NC(C)(C)C)[N-]CN(CC)CC.[Co].[Co].[Co].[Co].[Co].[Co]. The summed E-state index contributed by atoms with van der Waals surface area (Å²) in [5.74, 6) is 5.93. The van der Waals surface area contributed by atoms with Gasteiger partial charge in [-0.05, 0) is 219 Å². The van der Waals surface area contributed by atoms with E-state index in [9.17, 15) is 0 Å². The Morgan fingerprint density at radius 1 is 0.313 bits per heavy atom. The van der Waals surface area contributed by atoms with Gasteiger partial charge in [-0.2, -0.15) is 0 Å². The molecule has 612 valence electrons. The van der Waals surface area contributed by atoms with Crippen LogP contribution in [0.3, 0.4) is 0 Å². The first-order chi connectivity index (χ1) is 42.4. The molecule has 24 heteroatoms. The zero-order chi connectivity index (χ0) is 74.2. The van der Waals surface area contributed by atoms with Gasteiger partial charge in [-0.15, -0.1) is 0 Å². The van der Waals surface area contributed by atoms with Gasteiger partial charge in [0.1, 0.15) is 0 Å². The average molecular weight is 1670 g/mol. The number of likely N-dealkylation sites (N-methyl/N-ethyl adjacent to an activating group) is 5. The van der Waals surface area contributed by atoms with Crippen LogP contribution in [0, 0.1) is 0 Å². The molecule has 6 radical (unpaired) electrons. The molecule has 0 aromatic heterocycles. The third-order valence-corrected chi connectivity index (χ3v) is 13.1. The van der Waals surface area contributed by atoms with Gasteiger partial charge in [-0.1, -0.05) is 257 Å². The molecule has 18 nitrogen and oxygen atoms in total. The van der Waals surface area contributed by atoms with Crippen molar-refractivity contribution in [3.8, 4) is 0 Å². The molecule has 0 aliphatic heterocycles. The Morgan fingerprint density at radius 3 is 0.818 bits per heavy atom. The van der Waals surface area contributed by atoms with Crippen molar-refractivity contribution in [2.45, 2.75) is 331 Å². The molecular formula is C75H162Co6N18-6. The van der Waals surface area contributed by atoms with Crippen LogP contribution in [0.1, 0.15) is 274 Å². The first kappa shape index (κ1) is 125. The van der Waals surface area contributed by atoms with E-state index in [1.165, 1.54) is 0 Å². The molecule has 0 saturated carbocycles. The predicted molar refractivity (Wildman–Crippen MR) is 427 cm³/mol. The molecule has 0 aromatic rings. The summed E-state index contributed by atoms with van der Waals surface area (Å²) in [6, 6.07) is 1.63. The van der Waals surface area contributed by atoms with E-state index in [1.807, 2.05) is 0 Å². The van der Waals surface area contributed by atoms with Crippen molar-refractivity contribution in [3.63, 3.8) is 0 Å². The molecule has 0 aliphatic carbocycles. The number of hydrogen-bond donors (Lipinski definition) is 0. The van der Waals surface area contributed by atoms with Crippen molar-refractivity contribution < 1.29 is 101 Å². The molecular weight excluding hydrogens is 1510 g/mol. The van der Waals surface area contributed by atoms with Crippen LogP contribution < -0.4 is 0 Å². The second-order valence-corrected chi connectivity index (χ2v) is 30.9. The van der Waals surface area contributed by atoms with E-state index >= 15 is 0 Å². The standard InChI is InChI=1S/2C14H30N3.3C12H26N3.C11H24N3.6Co/c1-8-13(16-14(5,6)7)15-12(4)11-17(9-2)10-3;1-8-13(16-14(5,6)7)15-11-12(4)17(9-2)10-3;1-8-11(14-12(3,4)5)13-10(2)9-15(6)7;1-8-11(14-12(3,4)5)13-9-10(2)15(6)7;1-7-11(14-12(4,5)6)13-10-15(8-2)9-3;1-7-10(13-11(2,3)4)12-8-9-14(5)6;;;;;;/h2*12H,8-11H2,1-7H3;2*10H,8-9H2,1-7H3;7-10H2,1-6H3;7-9H2,1-6H3;;;;;;/q6*-1;;;;;;. The molecule has 0 bridgehead atoms. The van der Waals surface area contributed by atoms with Crippen LogP contribution in [0.15, 0.2) is 30.0 Å². The van der Waals surface area contributed by atoms with Gasteiger partial charge in [0.25, 0.3) is 0 Å². The molecule has 0 N–H and O–H groups in total. The average Bonchev–Trinajstić information content (AvgIpc) is 0.972. The summed E-state index contributed by atoms with van der Waals surface area (Å²) < 4.78 is 0. The van der Waals surface area contributed by atoms with Crippen molar-refractivity contribution in [1.29, 1.82) is 0 Å². The molecule has 0 amide bonds. The normalized spacial score (nSPS) is 13.9. The topological polar surface area (TPSA) is 178 Å². The van der Waals surface area contributed by atoms with Crippen molar-refractivity contribution in [2.75, 3.05) is 127 Å². The smallest absolute Gasteiger partial charge is 0.00597 e. The molecule has 0 rings (SSSR count). The monoisotopic (exact) mass is 1670 g/mol. The third kappa shape index (κ3) is 91.8. The molecule has 0 fully saturated rings. The second kappa shape index (κ2) is 69.4. The zero-order valence-electron chi connectivity index (χ0n) is 71.8. The van der Waals surface area contributed by atoms with E-state index in [4.69, 9.17) is 5.32 Å². The molecule has 4 atom stereocenters. The van der Waals surface area contributed by atoms with Gasteiger partial charge in [0.05, 0.1) is 0 Å². The van der Waals surface area contributed by atoms with Crippen LogP contribution in [0.2, 0.25) is 0 Å². The minimum absolute atomic E-state index is 0. The van der Waals surface area contributed by atoms with Crippen LogP contribution in [0.4, 0.5) is 0 Å². The summed E-state index contributed by atoms with van der Waals surface area (Å²) in [4.78, 5) is 41.2. The minimum Gasteiger partial charge on any atom is -0.468 e. The van der Waals surface area contributed by atoms with E-state index in [-0.39, 0.29) is 134 Å². The fourth-order valence-electron chi connectivity index (χ4n) is 8.19. The Hall–Kier alpha value is -0.381. The zero-order valence-corrected chi connectivity index (χ0v) is 78.0. The first-order valence-corrected chi connectivity index (χ1v) is 36.2. The van der Waals surface area contributed by atoms with Crippen molar-refractivity contribution in [3.05, 3.63) is 31.9 Å². The molecule has 0 spiro atoms. The van der Waals surface area contributed by atoms with Crippen molar-refractivity contribution in [2.24, 2.45) is 30.0 Å². The molecule has 0 aromatic carbocycles. The molecule has 0 heterocycles. The number of nitrogens with zero attached hydrogens (tertiary/aromatic N) is 18. The largest absolute Gasteiger partial charge is 0.468 e. The van der Waals surface area contributed by atoms with Crippen LogP contribution in [-0.2, 0) is 101 Å².